The molecule has 1 aromatic carbocycles. The van der Waals surface area contributed by atoms with Crippen LogP contribution in [0.5, 0.6) is 0 Å². The van der Waals surface area contributed by atoms with Crippen molar-refractivity contribution >= 4 is 0 Å². The molecule has 0 aliphatic heterocycles. The third-order valence-corrected chi connectivity index (χ3v) is 2.66. The first-order chi connectivity index (χ1) is 8.93. The molecule has 6 heteroatoms. The van der Waals surface area contributed by atoms with Crippen LogP contribution in [0.15, 0.2) is 36.5 Å². The van der Waals surface area contributed by atoms with Gasteiger partial charge < -0.3 is 5.11 Å². The second kappa shape index (κ2) is 4.97. The standard InChI is InChI=1S/C13H9F4NO/c14-12-11(9(7-19)5-6-18-12)8-1-3-10(4-2-8)13(15,16)17/h1-6,19H,7H2. The van der Waals surface area contributed by atoms with Gasteiger partial charge in [0.05, 0.1) is 12.2 Å². The molecule has 2 rings (SSSR count). The summed E-state index contributed by atoms with van der Waals surface area (Å²) in [6.45, 7) is -0.421. The summed E-state index contributed by atoms with van der Waals surface area (Å²) < 4.78 is 50.9. The summed E-state index contributed by atoms with van der Waals surface area (Å²) in [7, 11) is 0. The average molecular weight is 271 g/mol. The summed E-state index contributed by atoms with van der Waals surface area (Å²) in [4.78, 5) is 3.44. The summed E-state index contributed by atoms with van der Waals surface area (Å²) in [5.74, 6) is -0.827. The Morgan fingerprint density at radius 1 is 1.05 bits per heavy atom. The molecule has 2 aromatic rings. The van der Waals surface area contributed by atoms with E-state index in [2.05, 4.69) is 4.98 Å². The van der Waals surface area contributed by atoms with Crippen LogP contribution in [-0.2, 0) is 12.8 Å². The Morgan fingerprint density at radius 3 is 2.21 bits per heavy atom. The van der Waals surface area contributed by atoms with E-state index in [0.717, 1.165) is 24.3 Å². The second-order valence-electron chi connectivity index (χ2n) is 3.87. The molecule has 0 aliphatic carbocycles. The van der Waals surface area contributed by atoms with Gasteiger partial charge in [-0.05, 0) is 29.3 Å². The third-order valence-electron chi connectivity index (χ3n) is 2.66. The lowest BCUT2D eigenvalue weighted by Gasteiger charge is -2.10. The highest BCUT2D eigenvalue weighted by atomic mass is 19.4. The van der Waals surface area contributed by atoms with E-state index in [9.17, 15) is 17.6 Å². The predicted molar refractivity (Wildman–Crippen MR) is 60.6 cm³/mol. The van der Waals surface area contributed by atoms with E-state index in [-0.39, 0.29) is 16.7 Å². The van der Waals surface area contributed by atoms with Gasteiger partial charge in [-0.25, -0.2) is 4.98 Å². The van der Waals surface area contributed by atoms with Crippen molar-refractivity contribution in [3.8, 4) is 11.1 Å². The minimum Gasteiger partial charge on any atom is -0.392 e. The molecule has 0 spiro atoms. The Morgan fingerprint density at radius 2 is 1.68 bits per heavy atom. The highest BCUT2D eigenvalue weighted by Gasteiger charge is 2.30. The van der Waals surface area contributed by atoms with Crippen molar-refractivity contribution in [3.05, 3.63) is 53.6 Å². The van der Waals surface area contributed by atoms with Gasteiger partial charge in [0.15, 0.2) is 0 Å². The van der Waals surface area contributed by atoms with E-state index in [4.69, 9.17) is 5.11 Å². The predicted octanol–water partition coefficient (Wildman–Crippen LogP) is 3.40. The molecule has 0 atom stereocenters. The van der Waals surface area contributed by atoms with Gasteiger partial charge in [0.1, 0.15) is 0 Å². The average Bonchev–Trinajstić information content (AvgIpc) is 2.37. The topological polar surface area (TPSA) is 33.1 Å². The van der Waals surface area contributed by atoms with Crippen LogP contribution in [0.3, 0.4) is 0 Å². The normalized spacial score (nSPS) is 11.6. The van der Waals surface area contributed by atoms with Crippen molar-refractivity contribution < 1.29 is 22.7 Å². The smallest absolute Gasteiger partial charge is 0.392 e. The van der Waals surface area contributed by atoms with E-state index in [1.807, 2.05) is 0 Å². The van der Waals surface area contributed by atoms with Crippen molar-refractivity contribution in [1.82, 2.24) is 4.98 Å². The molecule has 0 saturated heterocycles. The minimum atomic E-state index is -4.44. The monoisotopic (exact) mass is 271 g/mol. The SMILES string of the molecule is OCc1ccnc(F)c1-c1ccc(C(F)(F)F)cc1. The molecule has 1 heterocycles. The zero-order valence-corrected chi connectivity index (χ0v) is 9.58. The van der Waals surface area contributed by atoms with Crippen molar-refractivity contribution in [3.63, 3.8) is 0 Å². The molecule has 0 bridgehead atoms. The van der Waals surface area contributed by atoms with Crippen LogP contribution in [0.4, 0.5) is 17.6 Å². The van der Waals surface area contributed by atoms with Gasteiger partial charge in [-0.3, -0.25) is 0 Å². The number of benzene rings is 1. The highest BCUT2D eigenvalue weighted by Crippen LogP contribution is 2.32. The number of aliphatic hydroxyl groups excluding tert-OH is 1. The van der Waals surface area contributed by atoms with Crippen LogP contribution < -0.4 is 0 Å². The van der Waals surface area contributed by atoms with Crippen molar-refractivity contribution in [2.24, 2.45) is 0 Å². The molecule has 0 aliphatic rings. The lowest BCUT2D eigenvalue weighted by molar-refractivity contribution is -0.137. The molecule has 19 heavy (non-hydrogen) atoms. The lowest BCUT2D eigenvalue weighted by atomic mass is 10.0. The van der Waals surface area contributed by atoms with Gasteiger partial charge in [-0.15, -0.1) is 0 Å². The van der Waals surface area contributed by atoms with Gasteiger partial charge >= 0.3 is 6.18 Å². The van der Waals surface area contributed by atoms with Crippen LogP contribution in [0, 0.1) is 5.95 Å². The Bertz CT molecular complexity index is 578. The first-order valence-corrected chi connectivity index (χ1v) is 5.35. The number of aromatic nitrogens is 1. The molecular weight excluding hydrogens is 262 g/mol. The number of halogens is 4. The van der Waals surface area contributed by atoms with Crippen LogP contribution in [0.25, 0.3) is 11.1 Å². The van der Waals surface area contributed by atoms with Gasteiger partial charge in [0.25, 0.3) is 0 Å². The first kappa shape index (κ1) is 13.5. The zero-order chi connectivity index (χ0) is 14.0. The number of rotatable bonds is 2. The number of aliphatic hydroxyl groups is 1. The highest BCUT2D eigenvalue weighted by molar-refractivity contribution is 5.67. The summed E-state index contributed by atoms with van der Waals surface area (Å²) in [5, 5.41) is 9.11. The number of hydrogen-bond donors (Lipinski definition) is 1. The third kappa shape index (κ3) is 2.73. The maximum Gasteiger partial charge on any atom is 0.416 e. The van der Waals surface area contributed by atoms with Gasteiger partial charge in [0, 0.05) is 11.8 Å². The number of nitrogens with zero attached hydrogens (tertiary/aromatic N) is 1. The second-order valence-corrected chi connectivity index (χ2v) is 3.87. The molecule has 0 amide bonds. The first-order valence-electron chi connectivity index (χ1n) is 5.35. The lowest BCUT2D eigenvalue weighted by Crippen LogP contribution is -2.04. The molecule has 2 nitrogen and oxygen atoms in total. The molecule has 0 fully saturated rings. The largest absolute Gasteiger partial charge is 0.416 e. The Hall–Kier alpha value is -1.95. The van der Waals surface area contributed by atoms with Gasteiger partial charge in [-0.2, -0.15) is 17.6 Å². The fourth-order valence-electron chi connectivity index (χ4n) is 1.74. The molecule has 0 radical (unpaired) electrons. The summed E-state index contributed by atoms with van der Waals surface area (Å²) in [6, 6.07) is 5.45. The van der Waals surface area contributed by atoms with Crippen LogP contribution in [-0.4, -0.2) is 10.1 Å². The van der Waals surface area contributed by atoms with E-state index >= 15 is 0 Å². The molecule has 0 unspecified atom stereocenters. The van der Waals surface area contributed by atoms with Crippen molar-refractivity contribution in [1.29, 1.82) is 0 Å². The minimum absolute atomic E-state index is 0.0127. The fraction of sp³-hybridized carbons (Fsp3) is 0.154. The maximum atomic E-state index is 13.6. The summed E-state index contributed by atoms with van der Waals surface area (Å²) in [5.41, 5.74) is -0.292. The molecule has 100 valence electrons. The molecule has 1 aromatic heterocycles. The van der Waals surface area contributed by atoms with Crippen LogP contribution in [0.2, 0.25) is 0 Å². The van der Waals surface area contributed by atoms with Crippen molar-refractivity contribution in [2.75, 3.05) is 0 Å². The number of hydrogen-bond acceptors (Lipinski definition) is 2. The van der Waals surface area contributed by atoms with Crippen molar-refractivity contribution in [2.45, 2.75) is 12.8 Å². The summed E-state index contributed by atoms with van der Waals surface area (Å²) in [6.07, 6.45) is -3.25. The number of pyridine rings is 1. The van der Waals surface area contributed by atoms with E-state index in [1.54, 1.807) is 0 Å². The molecule has 0 saturated carbocycles. The fourth-order valence-corrected chi connectivity index (χ4v) is 1.74. The Labute approximate surface area is 106 Å². The van der Waals surface area contributed by atoms with E-state index < -0.39 is 24.3 Å². The van der Waals surface area contributed by atoms with Crippen LogP contribution >= 0.6 is 0 Å². The van der Waals surface area contributed by atoms with Gasteiger partial charge in [-0.1, -0.05) is 12.1 Å². The zero-order valence-electron chi connectivity index (χ0n) is 9.58. The quantitative estimate of drug-likeness (QED) is 0.670. The summed E-state index contributed by atoms with van der Waals surface area (Å²) >= 11 is 0. The van der Waals surface area contributed by atoms with E-state index in [0.29, 0.717) is 0 Å². The Balaban J connectivity index is 2.49. The Kier molecular flexibility index (Phi) is 3.53. The number of alkyl halides is 3. The molecular formula is C13H9F4NO. The van der Waals surface area contributed by atoms with Crippen LogP contribution in [0.1, 0.15) is 11.1 Å². The molecule has 1 N–H and O–H groups in total. The van der Waals surface area contributed by atoms with Gasteiger partial charge in [0.2, 0.25) is 5.95 Å². The maximum absolute atomic E-state index is 13.6. The van der Waals surface area contributed by atoms with E-state index in [1.165, 1.54) is 12.3 Å².